The van der Waals surface area contributed by atoms with E-state index in [4.69, 9.17) is 18.9 Å². The van der Waals surface area contributed by atoms with E-state index in [2.05, 4.69) is 48.5 Å². The van der Waals surface area contributed by atoms with Crippen molar-refractivity contribution in [3.63, 3.8) is 0 Å². The summed E-state index contributed by atoms with van der Waals surface area (Å²) in [6, 6.07) is 56.3. The number of rotatable bonds is 8. The van der Waals surface area contributed by atoms with Gasteiger partial charge in [-0.2, -0.15) is 0 Å². The van der Waals surface area contributed by atoms with Crippen molar-refractivity contribution in [3.05, 3.63) is 259 Å². The van der Waals surface area contributed by atoms with Crippen LogP contribution in [0.4, 0.5) is 0 Å². The molecule has 4 N–H and O–H groups in total. The molecular weight excluding hydrogens is 849 g/mol. The van der Waals surface area contributed by atoms with Crippen molar-refractivity contribution >= 4 is 0 Å². The number of hydrogen-bond donors (Lipinski definition) is 4. The average Bonchev–Trinajstić information content (AvgIpc) is 3.35. The Bertz CT molecular complexity index is 2430. The molecule has 344 valence electrons. The quantitative estimate of drug-likeness (QED) is 0.119. The third kappa shape index (κ3) is 11.8. The zero-order valence-corrected chi connectivity index (χ0v) is 38.1. The van der Waals surface area contributed by atoms with E-state index in [-0.39, 0.29) is 75.9 Å². The summed E-state index contributed by atoms with van der Waals surface area (Å²) in [6.45, 7) is 0.573. The third-order valence-corrected chi connectivity index (χ3v) is 12.4. The first-order valence-electron chi connectivity index (χ1n) is 23.1. The highest BCUT2D eigenvalue weighted by atomic mass is 16.5. The fraction of sp³-hybridized carbons (Fsp3) is 0.200. The highest BCUT2D eigenvalue weighted by Crippen LogP contribution is 2.34. The fourth-order valence-corrected chi connectivity index (χ4v) is 9.03. The maximum Gasteiger partial charge on any atom is 0.126 e. The second-order valence-corrected chi connectivity index (χ2v) is 17.7. The lowest BCUT2D eigenvalue weighted by Gasteiger charge is -2.18. The maximum atomic E-state index is 11.8. The molecular formula is C60H56O8. The number of aromatic hydroxyl groups is 4. The Kier molecular flexibility index (Phi) is 14.9. The number of ether oxygens (including phenoxy) is 4. The van der Waals surface area contributed by atoms with Crippen molar-refractivity contribution in [2.24, 2.45) is 0 Å². The molecule has 0 amide bonds. The molecule has 68 heavy (non-hydrogen) atoms. The molecule has 0 unspecified atom stereocenters. The van der Waals surface area contributed by atoms with Crippen molar-refractivity contribution < 1.29 is 39.4 Å². The molecule has 0 fully saturated rings. The molecule has 8 nitrogen and oxygen atoms in total. The smallest absolute Gasteiger partial charge is 0.126 e. The Morgan fingerprint density at radius 3 is 0.559 bits per heavy atom. The number of fused-ring (bicyclic) bond motifs is 8. The summed E-state index contributed by atoms with van der Waals surface area (Å²) in [5.74, 6) is 0.285. The second-order valence-electron chi connectivity index (χ2n) is 17.7. The Balaban J connectivity index is 1.07. The van der Waals surface area contributed by atoms with Crippen LogP contribution in [0, 0.1) is 0 Å². The highest BCUT2D eigenvalue weighted by molar-refractivity contribution is 5.49. The summed E-state index contributed by atoms with van der Waals surface area (Å²) in [6.07, 6.45) is 2.53. The van der Waals surface area contributed by atoms with E-state index in [9.17, 15) is 20.4 Å². The highest BCUT2D eigenvalue weighted by Gasteiger charge is 2.19. The van der Waals surface area contributed by atoms with Gasteiger partial charge in [-0.1, -0.05) is 121 Å². The Labute approximate surface area is 398 Å². The Morgan fingerprint density at radius 1 is 0.235 bits per heavy atom. The van der Waals surface area contributed by atoms with E-state index in [1.807, 2.05) is 121 Å². The van der Waals surface area contributed by atoms with Gasteiger partial charge in [0.1, 0.15) is 23.0 Å². The van der Waals surface area contributed by atoms with Gasteiger partial charge >= 0.3 is 0 Å². The van der Waals surface area contributed by atoms with Gasteiger partial charge in [-0.25, -0.2) is 0 Å². The van der Waals surface area contributed by atoms with Gasteiger partial charge in [-0.15, -0.1) is 0 Å². The first kappa shape index (κ1) is 45.9. The van der Waals surface area contributed by atoms with E-state index in [1.165, 1.54) is 0 Å². The van der Waals surface area contributed by atoms with Crippen LogP contribution in [0.2, 0.25) is 0 Å². The fourth-order valence-electron chi connectivity index (χ4n) is 9.03. The molecule has 0 atom stereocenters. The van der Waals surface area contributed by atoms with Crippen LogP contribution in [0.5, 0.6) is 23.0 Å². The van der Waals surface area contributed by atoms with Crippen molar-refractivity contribution in [2.45, 2.75) is 78.5 Å². The summed E-state index contributed by atoms with van der Waals surface area (Å²) >= 11 is 0. The number of benzene rings is 8. The standard InChI is InChI=1S/C60H56O8/c61-57-49-25-45(21-41-13-5-1-6-14-41)26-50(57)34-66-36-52-28-47(23-43-17-9-3-10-18-43)30-54(59(52)63)38-68-40-56-32-48(24-44-19-11-4-12-20-44)31-55(60(56)64)39-67-37-53-29-46(22-42-15-7-2-8-16-42)27-51(58(53)62)35-65-33-49/h1-20,25-32,61-64H,21-24,33-40H2. The first-order chi connectivity index (χ1) is 33.3. The third-order valence-electron chi connectivity index (χ3n) is 12.4. The molecule has 8 heteroatoms. The van der Waals surface area contributed by atoms with Crippen LogP contribution < -0.4 is 0 Å². The van der Waals surface area contributed by atoms with Gasteiger partial charge in [0.05, 0.1) is 52.9 Å². The maximum absolute atomic E-state index is 11.8. The molecule has 8 aromatic carbocycles. The van der Waals surface area contributed by atoms with Crippen LogP contribution in [-0.4, -0.2) is 20.4 Å². The molecule has 0 radical (unpaired) electrons. The van der Waals surface area contributed by atoms with E-state index in [0.717, 1.165) is 44.5 Å². The van der Waals surface area contributed by atoms with E-state index >= 15 is 0 Å². The largest absolute Gasteiger partial charge is 0.507 e. The van der Waals surface area contributed by atoms with Crippen LogP contribution in [0.1, 0.15) is 89.0 Å². The van der Waals surface area contributed by atoms with Crippen molar-refractivity contribution in [1.29, 1.82) is 0 Å². The number of phenols is 4. The van der Waals surface area contributed by atoms with Gasteiger partial charge in [-0.05, 0) is 119 Å². The molecule has 9 rings (SSSR count). The lowest BCUT2D eigenvalue weighted by molar-refractivity contribution is 0.0930. The molecule has 1 aliphatic heterocycles. The lowest BCUT2D eigenvalue weighted by Crippen LogP contribution is -2.05. The topological polar surface area (TPSA) is 118 Å². The van der Waals surface area contributed by atoms with Crippen LogP contribution in [0.15, 0.2) is 170 Å². The summed E-state index contributed by atoms with van der Waals surface area (Å²) in [7, 11) is 0. The second kappa shape index (κ2) is 22.1. The summed E-state index contributed by atoms with van der Waals surface area (Å²) < 4.78 is 25.4. The SMILES string of the molecule is Oc1c2cc(Cc3ccccc3)cc1COCc1cc(Cc3ccccc3)cc(c1O)COCc1cc(Cc3ccccc3)cc(c1O)COCc1cc(Cc3ccccc3)cc(c1O)COC2. The molecule has 8 bridgehead atoms. The molecule has 0 aromatic heterocycles. The van der Waals surface area contributed by atoms with Crippen LogP contribution in [-0.2, 0) is 97.5 Å². The molecule has 1 heterocycles. The molecule has 8 aromatic rings. The minimum Gasteiger partial charge on any atom is -0.507 e. The zero-order chi connectivity index (χ0) is 46.7. The molecule has 1 aliphatic rings. The van der Waals surface area contributed by atoms with Crippen LogP contribution in [0.3, 0.4) is 0 Å². The van der Waals surface area contributed by atoms with Crippen molar-refractivity contribution in [1.82, 2.24) is 0 Å². The minimum atomic E-state index is 0.0712. The van der Waals surface area contributed by atoms with Gasteiger partial charge in [0.2, 0.25) is 0 Å². The molecule has 0 saturated carbocycles. The van der Waals surface area contributed by atoms with Gasteiger partial charge in [0, 0.05) is 44.5 Å². The van der Waals surface area contributed by atoms with E-state index in [1.54, 1.807) is 0 Å². The van der Waals surface area contributed by atoms with Crippen LogP contribution >= 0.6 is 0 Å². The minimum absolute atomic E-state index is 0.0712. The molecule has 0 saturated heterocycles. The summed E-state index contributed by atoms with van der Waals surface area (Å²) in [5.41, 5.74) is 13.2. The summed E-state index contributed by atoms with van der Waals surface area (Å²) in [4.78, 5) is 0. The Morgan fingerprint density at radius 2 is 0.397 bits per heavy atom. The number of phenolic OH excluding ortho intramolecular Hbond substituents is 4. The zero-order valence-electron chi connectivity index (χ0n) is 38.1. The predicted octanol–water partition coefficient (Wildman–Crippen LogP) is 12.1. The van der Waals surface area contributed by atoms with Gasteiger partial charge in [0.15, 0.2) is 0 Å². The Hall–Kier alpha value is -7.20. The monoisotopic (exact) mass is 904 g/mol. The first-order valence-corrected chi connectivity index (χ1v) is 23.1. The van der Waals surface area contributed by atoms with Gasteiger partial charge < -0.3 is 39.4 Å². The molecule has 0 aliphatic carbocycles. The van der Waals surface area contributed by atoms with Gasteiger partial charge in [-0.3, -0.25) is 0 Å². The number of hydrogen-bond acceptors (Lipinski definition) is 8. The van der Waals surface area contributed by atoms with Crippen LogP contribution in [0.25, 0.3) is 0 Å². The predicted molar refractivity (Wildman–Crippen MR) is 263 cm³/mol. The normalized spacial score (nSPS) is 13.6. The lowest BCUT2D eigenvalue weighted by atomic mass is 9.98. The van der Waals surface area contributed by atoms with Gasteiger partial charge in [0.25, 0.3) is 0 Å². The van der Waals surface area contributed by atoms with Crippen molar-refractivity contribution in [2.75, 3.05) is 0 Å². The van der Waals surface area contributed by atoms with E-state index in [0.29, 0.717) is 70.2 Å². The molecule has 0 spiro atoms. The van der Waals surface area contributed by atoms with Crippen molar-refractivity contribution in [3.8, 4) is 23.0 Å². The average molecular weight is 905 g/mol. The van der Waals surface area contributed by atoms with E-state index < -0.39 is 0 Å². The summed E-state index contributed by atoms with van der Waals surface area (Å²) in [5, 5.41) is 47.1.